The molecule has 0 aliphatic rings. The van der Waals surface area contributed by atoms with Crippen LogP contribution < -0.4 is 5.32 Å². The summed E-state index contributed by atoms with van der Waals surface area (Å²) in [6.07, 6.45) is 0.389. The molecule has 5 nitrogen and oxygen atoms in total. The van der Waals surface area contributed by atoms with Crippen LogP contribution in [0.1, 0.15) is 6.42 Å². The molecule has 2 N–H and O–H groups in total. The van der Waals surface area contributed by atoms with Gasteiger partial charge in [-0.1, -0.05) is 18.2 Å². The van der Waals surface area contributed by atoms with Crippen molar-refractivity contribution >= 4 is 22.7 Å². The highest BCUT2D eigenvalue weighted by molar-refractivity contribution is 5.81. The zero-order valence-electron chi connectivity index (χ0n) is 10.7. The second kappa shape index (κ2) is 6.15. The van der Waals surface area contributed by atoms with Gasteiger partial charge in [-0.3, -0.25) is 0 Å². The fourth-order valence-corrected chi connectivity index (χ4v) is 1.82. The smallest absolute Gasteiger partial charge is 0.326 e. The molecule has 0 aliphatic heterocycles. The lowest BCUT2D eigenvalue weighted by atomic mass is 10.2. The summed E-state index contributed by atoms with van der Waals surface area (Å²) in [6.45, 7) is 0.386. The molecule has 0 radical (unpaired) electrons. The molecule has 0 amide bonds. The number of pyridine rings is 1. The SMILES string of the molecule is COCCC(Nc1ccc2ccccc2n1)C(=O)O. The number of carbonyl (C=O) groups is 1. The standard InChI is InChI=1S/C14H16N2O3/c1-19-9-8-12(14(17)18)16-13-7-6-10-4-2-3-5-11(10)15-13/h2-7,12H,8-9H2,1H3,(H,15,16)(H,17,18). The van der Waals surface area contributed by atoms with Crippen molar-refractivity contribution in [3.8, 4) is 0 Å². The molecule has 0 saturated carbocycles. The molecule has 1 unspecified atom stereocenters. The minimum Gasteiger partial charge on any atom is -0.480 e. The van der Waals surface area contributed by atoms with Crippen LogP contribution in [-0.4, -0.2) is 35.8 Å². The molecular weight excluding hydrogens is 244 g/mol. The predicted octanol–water partition coefficient (Wildman–Crippen LogP) is 2.14. The Morgan fingerprint density at radius 3 is 2.89 bits per heavy atom. The van der Waals surface area contributed by atoms with Crippen molar-refractivity contribution in [2.45, 2.75) is 12.5 Å². The van der Waals surface area contributed by atoms with Gasteiger partial charge in [0.15, 0.2) is 0 Å². The van der Waals surface area contributed by atoms with Crippen molar-refractivity contribution in [2.75, 3.05) is 19.0 Å². The van der Waals surface area contributed by atoms with Crippen molar-refractivity contribution in [2.24, 2.45) is 0 Å². The molecule has 0 saturated heterocycles. The van der Waals surface area contributed by atoms with Crippen LogP contribution in [0.3, 0.4) is 0 Å². The number of para-hydroxylation sites is 1. The van der Waals surface area contributed by atoms with E-state index in [0.29, 0.717) is 18.8 Å². The molecule has 1 heterocycles. The zero-order chi connectivity index (χ0) is 13.7. The van der Waals surface area contributed by atoms with E-state index in [9.17, 15) is 4.79 Å². The molecule has 0 aliphatic carbocycles. The van der Waals surface area contributed by atoms with E-state index in [4.69, 9.17) is 9.84 Å². The van der Waals surface area contributed by atoms with E-state index in [2.05, 4.69) is 10.3 Å². The van der Waals surface area contributed by atoms with E-state index in [1.54, 1.807) is 13.2 Å². The third-order valence-corrected chi connectivity index (χ3v) is 2.83. The van der Waals surface area contributed by atoms with Gasteiger partial charge in [-0.15, -0.1) is 0 Å². The Labute approximate surface area is 111 Å². The van der Waals surface area contributed by atoms with Gasteiger partial charge in [0, 0.05) is 25.5 Å². The second-order valence-corrected chi connectivity index (χ2v) is 4.21. The average Bonchev–Trinajstić information content (AvgIpc) is 2.43. The van der Waals surface area contributed by atoms with Crippen LogP contribution in [0.25, 0.3) is 10.9 Å². The van der Waals surface area contributed by atoms with Gasteiger partial charge in [0.2, 0.25) is 0 Å². The number of nitrogens with zero attached hydrogens (tertiary/aromatic N) is 1. The Bertz CT molecular complexity index is 571. The predicted molar refractivity (Wildman–Crippen MR) is 73.3 cm³/mol. The van der Waals surface area contributed by atoms with Gasteiger partial charge < -0.3 is 15.2 Å². The summed E-state index contributed by atoms with van der Waals surface area (Å²) in [5, 5.41) is 13.1. The number of carboxylic acid groups (broad SMARTS) is 1. The Morgan fingerprint density at radius 1 is 1.37 bits per heavy atom. The lowest BCUT2D eigenvalue weighted by Crippen LogP contribution is -2.30. The van der Waals surface area contributed by atoms with Crippen molar-refractivity contribution < 1.29 is 14.6 Å². The van der Waals surface area contributed by atoms with Gasteiger partial charge in [-0.25, -0.2) is 9.78 Å². The summed E-state index contributed by atoms with van der Waals surface area (Å²) >= 11 is 0. The van der Waals surface area contributed by atoms with Gasteiger partial charge >= 0.3 is 5.97 Å². The van der Waals surface area contributed by atoms with E-state index < -0.39 is 12.0 Å². The van der Waals surface area contributed by atoms with E-state index >= 15 is 0 Å². The number of anilines is 1. The summed E-state index contributed by atoms with van der Waals surface area (Å²) in [5.74, 6) is -0.353. The number of nitrogens with one attached hydrogen (secondary N) is 1. The van der Waals surface area contributed by atoms with Gasteiger partial charge in [-0.2, -0.15) is 0 Å². The monoisotopic (exact) mass is 260 g/mol. The number of aromatic nitrogens is 1. The molecule has 19 heavy (non-hydrogen) atoms. The Hall–Kier alpha value is -2.14. The number of hydrogen-bond acceptors (Lipinski definition) is 4. The number of methoxy groups -OCH3 is 1. The van der Waals surface area contributed by atoms with E-state index in [-0.39, 0.29) is 0 Å². The van der Waals surface area contributed by atoms with Gasteiger partial charge in [0.1, 0.15) is 11.9 Å². The minimum absolute atomic E-state index is 0.386. The minimum atomic E-state index is -0.910. The van der Waals surface area contributed by atoms with Crippen molar-refractivity contribution in [3.05, 3.63) is 36.4 Å². The first-order chi connectivity index (χ1) is 9.20. The van der Waals surface area contributed by atoms with Crippen molar-refractivity contribution in [1.82, 2.24) is 4.98 Å². The fraction of sp³-hybridized carbons (Fsp3) is 0.286. The normalized spacial score (nSPS) is 12.3. The van der Waals surface area contributed by atoms with Crippen LogP contribution >= 0.6 is 0 Å². The third kappa shape index (κ3) is 3.42. The summed E-state index contributed by atoms with van der Waals surface area (Å²) < 4.78 is 4.91. The Balaban J connectivity index is 2.16. The molecular formula is C14H16N2O3. The maximum absolute atomic E-state index is 11.1. The number of hydrogen-bond donors (Lipinski definition) is 2. The molecule has 2 aromatic rings. The molecule has 0 spiro atoms. The summed E-state index contributed by atoms with van der Waals surface area (Å²) in [5.41, 5.74) is 0.836. The number of ether oxygens (including phenoxy) is 1. The van der Waals surface area contributed by atoms with Crippen LogP contribution in [-0.2, 0) is 9.53 Å². The van der Waals surface area contributed by atoms with E-state index in [0.717, 1.165) is 10.9 Å². The third-order valence-electron chi connectivity index (χ3n) is 2.83. The largest absolute Gasteiger partial charge is 0.480 e. The van der Waals surface area contributed by atoms with Crippen LogP contribution in [0.5, 0.6) is 0 Å². The summed E-state index contributed by atoms with van der Waals surface area (Å²) in [7, 11) is 1.55. The van der Waals surface area contributed by atoms with Crippen molar-refractivity contribution in [3.63, 3.8) is 0 Å². The van der Waals surface area contributed by atoms with Crippen molar-refractivity contribution in [1.29, 1.82) is 0 Å². The quantitative estimate of drug-likeness (QED) is 0.832. The topological polar surface area (TPSA) is 71.5 Å². The lowest BCUT2D eigenvalue weighted by Gasteiger charge is -2.14. The Morgan fingerprint density at radius 2 is 2.16 bits per heavy atom. The van der Waals surface area contributed by atoms with Gasteiger partial charge in [0.05, 0.1) is 5.52 Å². The first kappa shape index (κ1) is 13.3. The number of rotatable bonds is 6. The Kier molecular flexibility index (Phi) is 4.30. The van der Waals surface area contributed by atoms with E-state index in [1.165, 1.54) is 0 Å². The van der Waals surface area contributed by atoms with Crippen LogP contribution in [0.15, 0.2) is 36.4 Å². The van der Waals surface area contributed by atoms with Crippen LogP contribution in [0, 0.1) is 0 Å². The molecule has 5 heteroatoms. The lowest BCUT2D eigenvalue weighted by molar-refractivity contribution is -0.138. The maximum atomic E-state index is 11.1. The number of fused-ring (bicyclic) bond motifs is 1. The number of benzene rings is 1. The second-order valence-electron chi connectivity index (χ2n) is 4.21. The maximum Gasteiger partial charge on any atom is 0.326 e. The average molecular weight is 260 g/mol. The zero-order valence-corrected chi connectivity index (χ0v) is 10.7. The summed E-state index contributed by atoms with van der Waals surface area (Å²) in [6, 6.07) is 10.7. The first-order valence-electron chi connectivity index (χ1n) is 6.05. The highest BCUT2D eigenvalue weighted by Gasteiger charge is 2.17. The van der Waals surface area contributed by atoms with E-state index in [1.807, 2.05) is 30.3 Å². The molecule has 0 fully saturated rings. The first-order valence-corrected chi connectivity index (χ1v) is 6.05. The van der Waals surface area contributed by atoms with Crippen LogP contribution in [0.2, 0.25) is 0 Å². The molecule has 2 rings (SSSR count). The van der Waals surface area contributed by atoms with Gasteiger partial charge in [-0.05, 0) is 18.2 Å². The fourth-order valence-electron chi connectivity index (χ4n) is 1.82. The molecule has 100 valence electrons. The summed E-state index contributed by atoms with van der Waals surface area (Å²) in [4.78, 5) is 15.5. The van der Waals surface area contributed by atoms with Gasteiger partial charge in [0.25, 0.3) is 0 Å². The molecule has 0 bridgehead atoms. The number of carboxylic acids is 1. The molecule has 1 aromatic carbocycles. The molecule has 1 aromatic heterocycles. The van der Waals surface area contributed by atoms with Crippen LogP contribution in [0.4, 0.5) is 5.82 Å². The number of aliphatic carboxylic acids is 1. The highest BCUT2D eigenvalue weighted by Crippen LogP contribution is 2.15. The molecule has 1 atom stereocenters. The highest BCUT2D eigenvalue weighted by atomic mass is 16.5.